The topological polar surface area (TPSA) is 29.5 Å². The van der Waals surface area contributed by atoms with Gasteiger partial charge in [0.05, 0.1) is 12.2 Å². The van der Waals surface area contributed by atoms with Gasteiger partial charge in [0, 0.05) is 7.11 Å². The van der Waals surface area contributed by atoms with Gasteiger partial charge in [-0.15, -0.1) is 0 Å². The van der Waals surface area contributed by atoms with E-state index in [1.807, 2.05) is 32.0 Å². The van der Waals surface area contributed by atoms with Gasteiger partial charge >= 0.3 is 0 Å². The van der Waals surface area contributed by atoms with Crippen LogP contribution in [0.1, 0.15) is 25.0 Å². The highest BCUT2D eigenvalue weighted by Crippen LogP contribution is 2.28. The van der Waals surface area contributed by atoms with Gasteiger partial charge in [-0.25, -0.2) is 0 Å². The summed E-state index contributed by atoms with van der Waals surface area (Å²) in [6, 6.07) is 12.2. The Balaban J connectivity index is 2.59. The normalized spacial score (nSPS) is 12.0. The Bertz CT molecular complexity index is 524. The molecule has 17 heavy (non-hydrogen) atoms. The van der Waals surface area contributed by atoms with Crippen LogP contribution in [0, 0.1) is 0 Å². The zero-order chi connectivity index (χ0) is 12.5. The highest BCUT2D eigenvalue weighted by molar-refractivity contribution is 5.87. The molecule has 2 nitrogen and oxygen atoms in total. The molecular weight excluding hydrogens is 212 g/mol. The predicted octanol–water partition coefficient (Wildman–Crippen LogP) is 3.21. The maximum absolute atomic E-state index is 10.1. The second-order valence-electron chi connectivity index (χ2n) is 4.85. The number of aliphatic hydroxyl groups is 1. The van der Waals surface area contributed by atoms with Crippen LogP contribution in [0.15, 0.2) is 36.4 Å². The van der Waals surface area contributed by atoms with Crippen molar-refractivity contribution in [1.29, 1.82) is 0 Å². The molecule has 0 saturated heterocycles. The van der Waals surface area contributed by atoms with Gasteiger partial charge in [0.1, 0.15) is 0 Å². The monoisotopic (exact) mass is 230 g/mol. The van der Waals surface area contributed by atoms with E-state index < -0.39 is 5.60 Å². The molecule has 2 rings (SSSR count). The lowest BCUT2D eigenvalue weighted by atomic mass is 9.92. The van der Waals surface area contributed by atoms with Gasteiger partial charge in [0.15, 0.2) is 0 Å². The van der Waals surface area contributed by atoms with Crippen LogP contribution in [0.4, 0.5) is 0 Å². The Labute approximate surface area is 102 Å². The predicted molar refractivity (Wildman–Crippen MR) is 69.9 cm³/mol. The molecule has 0 bridgehead atoms. The minimum absolute atomic E-state index is 0.614. The van der Waals surface area contributed by atoms with Crippen molar-refractivity contribution in [3.8, 4) is 0 Å². The van der Waals surface area contributed by atoms with Crippen molar-refractivity contribution in [2.75, 3.05) is 7.11 Å². The number of hydrogen-bond donors (Lipinski definition) is 1. The molecule has 2 aromatic carbocycles. The Morgan fingerprint density at radius 1 is 1.18 bits per heavy atom. The van der Waals surface area contributed by atoms with E-state index in [4.69, 9.17) is 4.74 Å². The van der Waals surface area contributed by atoms with Gasteiger partial charge in [0.25, 0.3) is 0 Å². The van der Waals surface area contributed by atoms with Crippen LogP contribution in [0.25, 0.3) is 10.8 Å². The zero-order valence-electron chi connectivity index (χ0n) is 10.5. The summed E-state index contributed by atoms with van der Waals surface area (Å²) in [6.07, 6.45) is 0. The highest BCUT2D eigenvalue weighted by Gasteiger charge is 2.18. The second kappa shape index (κ2) is 4.47. The molecule has 0 aliphatic rings. The molecule has 0 radical (unpaired) electrons. The van der Waals surface area contributed by atoms with Crippen molar-refractivity contribution in [3.05, 3.63) is 47.5 Å². The fraction of sp³-hybridized carbons (Fsp3) is 0.333. The number of ether oxygens (including phenoxy) is 1. The van der Waals surface area contributed by atoms with Gasteiger partial charge in [0.2, 0.25) is 0 Å². The average Bonchev–Trinajstić information content (AvgIpc) is 2.27. The summed E-state index contributed by atoms with van der Waals surface area (Å²) in [7, 11) is 1.69. The van der Waals surface area contributed by atoms with E-state index >= 15 is 0 Å². The smallest absolute Gasteiger partial charge is 0.0846 e. The van der Waals surface area contributed by atoms with E-state index in [0.717, 1.165) is 21.9 Å². The SMILES string of the molecule is COCc1ccc2c(C(C)(C)O)cccc2c1. The Kier molecular flexibility index (Phi) is 3.18. The summed E-state index contributed by atoms with van der Waals surface area (Å²) in [6.45, 7) is 4.23. The molecule has 90 valence electrons. The molecule has 2 aromatic rings. The molecule has 1 N–H and O–H groups in total. The van der Waals surface area contributed by atoms with E-state index in [-0.39, 0.29) is 0 Å². The molecule has 0 amide bonds. The molecule has 0 saturated carbocycles. The first-order chi connectivity index (χ1) is 8.02. The van der Waals surface area contributed by atoms with Crippen molar-refractivity contribution in [1.82, 2.24) is 0 Å². The van der Waals surface area contributed by atoms with Crippen LogP contribution in [-0.2, 0) is 16.9 Å². The van der Waals surface area contributed by atoms with Gasteiger partial charge in [-0.1, -0.05) is 30.3 Å². The van der Waals surface area contributed by atoms with Crippen molar-refractivity contribution in [2.24, 2.45) is 0 Å². The molecule has 0 aromatic heterocycles. The molecule has 2 heteroatoms. The number of methoxy groups -OCH3 is 1. The summed E-state index contributed by atoms with van der Waals surface area (Å²) in [5.41, 5.74) is 1.29. The number of hydrogen-bond acceptors (Lipinski definition) is 2. The number of fused-ring (bicyclic) bond motifs is 1. The first kappa shape index (κ1) is 12.1. The van der Waals surface area contributed by atoms with Gasteiger partial charge in [-0.2, -0.15) is 0 Å². The van der Waals surface area contributed by atoms with E-state index in [2.05, 4.69) is 18.2 Å². The van der Waals surface area contributed by atoms with Crippen molar-refractivity contribution < 1.29 is 9.84 Å². The molecular formula is C15H18O2. The minimum Gasteiger partial charge on any atom is -0.386 e. The van der Waals surface area contributed by atoms with Crippen LogP contribution >= 0.6 is 0 Å². The van der Waals surface area contributed by atoms with Crippen molar-refractivity contribution >= 4 is 10.8 Å². The Hall–Kier alpha value is -1.38. The van der Waals surface area contributed by atoms with Crippen LogP contribution < -0.4 is 0 Å². The molecule has 0 aliphatic heterocycles. The van der Waals surface area contributed by atoms with E-state index in [0.29, 0.717) is 6.61 Å². The molecule has 0 atom stereocenters. The summed E-state index contributed by atoms with van der Waals surface area (Å²) in [5.74, 6) is 0. The molecule has 0 spiro atoms. The third-order valence-corrected chi connectivity index (χ3v) is 2.91. The van der Waals surface area contributed by atoms with Crippen LogP contribution in [0.3, 0.4) is 0 Å². The van der Waals surface area contributed by atoms with E-state index in [9.17, 15) is 5.11 Å². The minimum atomic E-state index is -0.817. The van der Waals surface area contributed by atoms with Crippen LogP contribution in [0.2, 0.25) is 0 Å². The van der Waals surface area contributed by atoms with Gasteiger partial charge in [-0.05, 0) is 41.8 Å². The lowest BCUT2D eigenvalue weighted by Gasteiger charge is -2.20. The summed E-state index contributed by atoms with van der Waals surface area (Å²) in [4.78, 5) is 0. The fourth-order valence-corrected chi connectivity index (χ4v) is 2.12. The third kappa shape index (κ3) is 2.48. The van der Waals surface area contributed by atoms with E-state index in [1.54, 1.807) is 7.11 Å². The van der Waals surface area contributed by atoms with Crippen molar-refractivity contribution in [2.45, 2.75) is 26.1 Å². The second-order valence-corrected chi connectivity index (χ2v) is 4.85. The number of rotatable bonds is 3. The maximum Gasteiger partial charge on any atom is 0.0846 e. The molecule has 0 aliphatic carbocycles. The Morgan fingerprint density at radius 3 is 2.59 bits per heavy atom. The largest absolute Gasteiger partial charge is 0.386 e. The zero-order valence-corrected chi connectivity index (χ0v) is 10.5. The Morgan fingerprint density at radius 2 is 1.94 bits per heavy atom. The highest BCUT2D eigenvalue weighted by atomic mass is 16.5. The molecule has 0 unspecified atom stereocenters. The van der Waals surface area contributed by atoms with E-state index in [1.165, 1.54) is 0 Å². The van der Waals surface area contributed by atoms with Gasteiger partial charge < -0.3 is 9.84 Å². The lowest BCUT2D eigenvalue weighted by Crippen LogP contribution is -2.15. The standard InChI is InChI=1S/C15H18O2/c1-15(2,16)14-6-4-5-12-9-11(10-17-3)7-8-13(12)14/h4-9,16H,10H2,1-3H3. The maximum atomic E-state index is 10.1. The van der Waals surface area contributed by atoms with Crippen LogP contribution in [-0.4, -0.2) is 12.2 Å². The first-order valence-electron chi connectivity index (χ1n) is 5.76. The fourth-order valence-electron chi connectivity index (χ4n) is 2.12. The summed E-state index contributed by atoms with van der Waals surface area (Å²) >= 11 is 0. The molecule has 0 heterocycles. The van der Waals surface area contributed by atoms with Crippen molar-refractivity contribution in [3.63, 3.8) is 0 Å². The summed E-state index contributed by atoms with van der Waals surface area (Å²) < 4.78 is 5.12. The first-order valence-corrected chi connectivity index (χ1v) is 5.76. The third-order valence-electron chi connectivity index (χ3n) is 2.91. The summed E-state index contributed by atoms with van der Waals surface area (Å²) in [5, 5.41) is 12.4. The lowest BCUT2D eigenvalue weighted by molar-refractivity contribution is 0.0802. The average molecular weight is 230 g/mol. The van der Waals surface area contributed by atoms with Gasteiger partial charge in [-0.3, -0.25) is 0 Å². The number of benzene rings is 2. The molecule has 0 fully saturated rings. The van der Waals surface area contributed by atoms with Crippen LogP contribution in [0.5, 0.6) is 0 Å². The quantitative estimate of drug-likeness (QED) is 0.877.